The zero-order chi connectivity index (χ0) is 21.7. The van der Waals surface area contributed by atoms with E-state index < -0.39 is 5.97 Å². The summed E-state index contributed by atoms with van der Waals surface area (Å²) in [6, 6.07) is 12.3. The molecule has 0 fully saturated rings. The molecule has 2 N–H and O–H groups in total. The Hall–Kier alpha value is -3.39. The first-order valence-corrected chi connectivity index (χ1v) is 9.89. The molecule has 0 aliphatic carbocycles. The molecular formula is C22H21NO6S. The van der Waals surface area contributed by atoms with Crippen LogP contribution in [-0.4, -0.2) is 42.1 Å². The van der Waals surface area contributed by atoms with Crippen LogP contribution in [0.1, 0.15) is 12.5 Å². The molecule has 0 aromatic heterocycles. The number of para-hydroxylation sites is 1. The van der Waals surface area contributed by atoms with E-state index in [0.717, 1.165) is 11.8 Å². The summed E-state index contributed by atoms with van der Waals surface area (Å²) in [5.41, 5.74) is 1.25. The van der Waals surface area contributed by atoms with Crippen LogP contribution in [0.3, 0.4) is 0 Å². The predicted octanol–water partition coefficient (Wildman–Crippen LogP) is 4.60. The van der Waals surface area contributed by atoms with Crippen LogP contribution < -0.4 is 9.47 Å². The largest absolute Gasteiger partial charge is 0.506 e. The fourth-order valence-electron chi connectivity index (χ4n) is 2.76. The summed E-state index contributed by atoms with van der Waals surface area (Å²) < 4.78 is 15.4. The van der Waals surface area contributed by atoms with E-state index in [4.69, 9.17) is 14.2 Å². The normalized spacial score (nSPS) is 16.2. The highest BCUT2D eigenvalue weighted by Gasteiger charge is 2.33. The number of aromatic hydroxyl groups is 1. The molecule has 1 aliphatic heterocycles. The fraction of sp³-hybridized carbons (Fsp3) is 0.182. The van der Waals surface area contributed by atoms with Crippen LogP contribution in [0.5, 0.6) is 17.2 Å². The van der Waals surface area contributed by atoms with Crippen LogP contribution in [-0.2, 0) is 9.53 Å². The van der Waals surface area contributed by atoms with Crippen molar-refractivity contribution in [2.24, 2.45) is 4.99 Å². The third-order valence-electron chi connectivity index (χ3n) is 4.16. The van der Waals surface area contributed by atoms with E-state index in [1.807, 2.05) is 18.2 Å². The zero-order valence-corrected chi connectivity index (χ0v) is 17.5. The number of esters is 1. The number of aliphatic hydroxyl groups is 1. The van der Waals surface area contributed by atoms with Gasteiger partial charge < -0.3 is 24.4 Å². The van der Waals surface area contributed by atoms with Crippen LogP contribution >= 0.6 is 11.8 Å². The lowest BCUT2D eigenvalue weighted by Gasteiger charge is -2.10. The van der Waals surface area contributed by atoms with Gasteiger partial charge in [-0.05, 0) is 42.8 Å². The van der Waals surface area contributed by atoms with Crippen molar-refractivity contribution < 1.29 is 29.2 Å². The number of ether oxygens (including phenoxy) is 3. The summed E-state index contributed by atoms with van der Waals surface area (Å²) in [4.78, 5) is 17.4. The lowest BCUT2D eigenvalue weighted by molar-refractivity contribution is -0.138. The van der Waals surface area contributed by atoms with Gasteiger partial charge in [0.25, 0.3) is 0 Å². The molecule has 0 amide bonds. The smallest absolute Gasteiger partial charge is 0.344 e. The number of carbonyl (C=O) groups is 1. The molecule has 30 heavy (non-hydrogen) atoms. The topological polar surface area (TPSA) is 97.6 Å². The van der Waals surface area contributed by atoms with Crippen LogP contribution in [0.25, 0.3) is 6.08 Å². The monoisotopic (exact) mass is 427 g/mol. The molecule has 7 nitrogen and oxygen atoms in total. The summed E-state index contributed by atoms with van der Waals surface area (Å²) in [5, 5.41) is 21.2. The third-order valence-corrected chi connectivity index (χ3v) is 5.18. The zero-order valence-electron chi connectivity index (χ0n) is 16.7. The Balaban J connectivity index is 2.08. The van der Waals surface area contributed by atoms with E-state index in [0.29, 0.717) is 21.2 Å². The van der Waals surface area contributed by atoms with Gasteiger partial charge in [-0.1, -0.05) is 30.0 Å². The molecule has 3 rings (SSSR count). The number of carbonyl (C=O) groups excluding carboxylic acids is 1. The molecule has 0 unspecified atom stereocenters. The highest BCUT2D eigenvalue weighted by Crippen LogP contribution is 2.42. The first-order valence-electron chi connectivity index (χ1n) is 9.07. The van der Waals surface area contributed by atoms with E-state index in [-0.39, 0.29) is 35.2 Å². The molecule has 1 heterocycles. The summed E-state index contributed by atoms with van der Waals surface area (Å²) in [6.07, 6.45) is 1.65. The maximum atomic E-state index is 12.5. The van der Waals surface area contributed by atoms with Gasteiger partial charge in [-0.15, -0.1) is 0 Å². The summed E-state index contributed by atoms with van der Waals surface area (Å²) in [6.45, 7) is 1.86. The van der Waals surface area contributed by atoms with Crippen LogP contribution in [0, 0.1) is 0 Å². The molecule has 1 aliphatic rings. The minimum absolute atomic E-state index is 0.00895. The van der Waals surface area contributed by atoms with Gasteiger partial charge >= 0.3 is 5.97 Å². The van der Waals surface area contributed by atoms with Crippen LogP contribution in [0.15, 0.2) is 63.7 Å². The maximum Gasteiger partial charge on any atom is 0.344 e. The number of aliphatic imine (C=N–C) groups is 1. The van der Waals surface area contributed by atoms with Crippen molar-refractivity contribution in [1.82, 2.24) is 0 Å². The fourth-order valence-corrected chi connectivity index (χ4v) is 3.80. The number of methoxy groups -OCH3 is 2. The molecule has 0 spiro atoms. The minimum atomic E-state index is -0.651. The number of benzene rings is 2. The Kier molecular flexibility index (Phi) is 6.68. The quantitative estimate of drug-likeness (QED) is 0.650. The Morgan fingerprint density at radius 1 is 1.10 bits per heavy atom. The molecule has 156 valence electrons. The minimum Gasteiger partial charge on any atom is -0.506 e. The van der Waals surface area contributed by atoms with Crippen molar-refractivity contribution in [3.63, 3.8) is 0 Å². The summed E-state index contributed by atoms with van der Waals surface area (Å²) in [7, 11) is 2.85. The maximum absolute atomic E-state index is 12.5. The van der Waals surface area contributed by atoms with Crippen LogP contribution in [0.4, 0.5) is 5.69 Å². The van der Waals surface area contributed by atoms with E-state index in [1.54, 1.807) is 37.3 Å². The molecule has 0 saturated heterocycles. The van der Waals surface area contributed by atoms with Gasteiger partial charge in [-0.25, -0.2) is 9.79 Å². The van der Waals surface area contributed by atoms with E-state index in [1.165, 1.54) is 14.2 Å². The standard InChI is InChI=1S/C22H21NO6S/c1-4-29-22(26)18-20(25)17(30-21(18)23-14-8-6-5-7-9-14)12-13-10-15(27-2)19(24)16(11-13)28-3/h5-12,24-25H,4H2,1-3H3/b17-12-,23-21?. The number of thioether (sulfide) groups is 1. The number of nitrogens with zero attached hydrogens (tertiary/aromatic N) is 1. The molecule has 2 aromatic rings. The van der Waals surface area contributed by atoms with Gasteiger partial charge in [-0.2, -0.15) is 0 Å². The molecule has 8 heteroatoms. The Morgan fingerprint density at radius 3 is 2.30 bits per heavy atom. The number of hydrogen-bond donors (Lipinski definition) is 2. The second-order valence-corrected chi connectivity index (χ2v) is 7.11. The van der Waals surface area contributed by atoms with Gasteiger partial charge in [0.15, 0.2) is 11.5 Å². The SMILES string of the molecule is CCOC(=O)C1=C(O)/C(=C/c2cc(OC)c(O)c(OC)c2)SC1=Nc1ccccc1. The molecule has 0 radical (unpaired) electrons. The predicted molar refractivity (Wildman–Crippen MR) is 117 cm³/mol. The molecular weight excluding hydrogens is 406 g/mol. The number of aliphatic hydroxyl groups excluding tert-OH is 1. The van der Waals surface area contributed by atoms with E-state index in [2.05, 4.69) is 4.99 Å². The summed E-state index contributed by atoms with van der Waals surface area (Å²) >= 11 is 1.14. The molecule has 0 bridgehead atoms. The average Bonchev–Trinajstić information content (AvgIpc) is 3.04. The summed E-state index contributed by atoms with van der Waals surface area (Å²) in [5.74, 6) is -0.562. The third kappa shape index (κ3) is 4.44. The molecule has 2 aromatic carbocycles. The van der Waals surface area contributed by atoms with Crippen molar-refractivity contribution in [3.8, 4) is 17.2 Å². The van der Waals surface area contributed by atoms with Crippen LogP contribution in [0.2, 0.25) is 0 Å². The van der Waals surface area contributed by atoms with E-state index in [9.17, 15) is 15.0 Å². The highest BCUT2D eigenvalue weighted by atomic mass is 32.2. The Labute approximate surface area is 178 Å². The van der Waals surface area contributed by atoms with Crippen molar-refractivity contribution in [2.45, 2.75) is 6.92 Å². The number of rotatable bonds is 6. The number of phenols is 1. The Bertz CT molecular complexity index is 1020. The van der Waals surface area contributed by atoms with Crippen molar-refractivity contribution in [2.75, 3.05) is 20.8 Å². The van der Waals surface area contributed by atoms with Gasteiger partial charge in [-0.3, -0.25) is 0 Å². The highest BCUT2D eigenvalue weighted by molar-refractivity contribution is 8.18. The second kappa shape index (κ2) is 9.41. The number of hydrogen-bond acceptors (Lipinski definition) is 8. The lowest BCUT2D eigenvalue weighted by atomic mass is 10.1. The first-order chi connectivity index (χ1) is 14.5. The lowest BCUT2D eigenvalue weighted by Crippen LogP contribution is -2.12. The van der Waals surface area contributed by atoms with Gasteiger partial charge in [0, 0.05) is 0 Å². The first kappa shape index (κ1) is 21.3. The van der Waals surface area contributed by atoms with Gasteiger partial charge in [0.05, 0.1) is 31.4 Å². The van der Waals surface area contributed by atoms with Crippen molar-refractivity contribution in [3.05, 3.63) is 64.3 Å². The van der Waals surface area contributed by atoms with Crippen molar-refractivity contribution >= 4 is 34.5 Å². The Morgan fingerprint density at radius 2 is 1.73 bits per heavy atom. The van der Waals surface area contributed by atoms with Gasteiger partial charge in [0.2, 0.25) is 5.75 Å². The van der Waals surface area contributed by atoms with Gasteiger partial charge in [0.1, 0.15) is 16.4 Å². The van der Waals surface area contributed by atoms with E-state index >= 15 is 0 Å². The molecule has 0 saturated carbocycles. The second-order valence-electron chi connectivity index (χ2n) is 6.08. The number of phenolic OH excluding ortho intramolecular Hbond substituents is 1. The average molecular weight is 427 g/mol. The van der Waals surface area contributed by atoms with Crippen molar-refractivity contribution in [1.29, 1.82) is 0 Å². The molecule has 0 atom stereocenters.